The van der Waals surface area contributed by atoms with E-state index in [1.165, 1.54) is 11.1 Å². The van der Waals surface area contributed by atoms with Gasteiger partial charge in [0.1, 0.15) is 6.10 Å². The standard InChI is InChI=1S/C17H22N2O3/c1-2-5-16(20)18-10-13-11-19(17(21)22-13)15-9-8-12-6-3-4-7-14(12)15/h3-4,6-7,13,15H,2,5,8-11H2,1H3,(H,18,20). The summed E-state index contributed by atoms with van der Waals surface area (Å²) in [5, 5.41) is 2.83. The maximum Gasteiger partial charge on any atom is 0.410 e. The lowest BCUT2D eigenvalue weighted by molar-refractivity contribution is -0.121. The van der Waals surface area contributed by atoms with Gasteiger partial charge in [0.25, 0.3) is 0 Å². The largest absolute Gasteiger partial charge is 0.442 e. The fourth-order valence-electron chi connectivity index (χ4n) is 3.30. The summed E-state index contributed by atoms with van der Waals surface area (Å²) >= 11 is 0. The topological polar surface area (TPSA) is 58.6 Å². The maximum absolute atomic E-state index is 12.1. The fraction of sp³-hybridized carbons (Fsp3) is 0.529. The highest BCUT2D eigenvalue weighted by Crippen LogP contribution is 2.37. The van der Waals surface area contributed by atoms with Crippen molar-refractivity contribution in [3.8, 4) is 0 Å². The van der Waals surface area contributed by atoms with Crippen LogP contribution in [0.2, 0.25) is 0 Å². The van der Waals surface area contributed by atoms with Crippen molar-refractivity contribution >= 4 is 12.0 Å². The van der Waals surface area contributed by atoms with Crippen LogP contribution in [0.1, 0.15) is 43.4 Å². The number of hydrogen-bond donors (Lipinski definition) is 1. The summed E-state index contributed by atoms with van der Waals surface area (Å²) in [6.45, 7) is 2.91. The molecule has 1 aliphatic carbocycles. The Bertz CT molecular complexity index is 573. The average molecular weight is 302 g/mol. The van der Waals surface area contributed by atoms with Crippen molar-refractivity contribution in [1.29, 1.82) is 0 Å². The lowest BCUT2D eigenvalue weighted by Gasteiger charge is -2.22. The van der Waals surface area contributed by atoms with Gasteiger partial charge < -0.3 is 10.1 Å². The fourth-order valence-corrected chi connectivity index (χ4v) is 3.30. The van der Waals surface area contributed by atoms with Crippen molar-refractivity contribution in [2.45, 2.75) is 44.8 Å². The molecule has 118 valence electrons. The number of aryl methyl sites for hydroxylation is 1. The van der Waals surface area contributed by atoms with Gasteiger partial charge in [-0.15, -0.1) is 0 Å². The van der Waals surface area contributed by atoms with E-state index in [0.717, 1.165) is 19.3 Å². The van der Waals surface area contributed by atoms with Crippen molar-refractivity contribution in [2.75, 3.05) is 13.1 Å². The third kappa shape index (κ3) is 2.93. The molecule has 0 spiro atoms. The van der Waals surface area contributed by atoms with Gasteiger partial charge in [-0.25, -0.2) is 4.79 Å². The first-order chi connectivity index (χ1) is 10.7. The lowest BCUT2D eigenvalue weighted by atomic mass is 10.1. The molecule has 1 saturated heterocycles. The molecule has 2 atom stereocenters. The zero-order chi connectivity index (χ0) is 15.5. The van der Waals surface area contributed by atoms with Crippen LogP contribution in [0, 0.1) is 0 Å². The number of nitrogens with zero attached hydrogens (tertiary/aromatic N) is 1. The number of rotatable bonds is 5. The van der Waals surface area contributed by atoms with E-state index in [0.29, 0.717) is 19.5 Å². The molecule has 1 aromatic carbocycles. The Kier molecular flexibility index (Phi) is 4.32. The number of ether oxygens (including phenoxy) is 1. The summed E-state index contributed by atoms with van der Waals surface area (Å²) in [6.07, 6.45) is 2.77. The van der Waals surface area contributed by atoms with Crippen LogP contribution in [0.15, 0.2) is 24.3 Å². The van der Waals surface area contributed by atoms with Gasteiger partial charge in [-0.2, -0.15) is 0 Å². The Morgan fingerprint density at radius 3 is 3.05 bits per heavy atom. The van der Waals surface area contributed by atoms with Crippen molar-refractivity contribution in [3.05, 3.63) is 35.4 Å². The molecular formula is C17H22N2O3. The molecule has 1 aliphatic heterocycles. The molecule has 1 N–H and O–H groups in total. The van der Waals surface area contributed by atoms with E-state index in [-0.39, 0.29) is 24.1 Å². The molecule has 3 rings (SSSR count). The first kappa shape index (κ1) is 14.9. The number of carbonyl (C=O) groups excluding carboxylic acids is 2. The van der Waals surface area contributed by atoms with Crippen molar-refractivity contribution < 1.29 is 14.3 Å². The average Bonchev–Trinajstić information content (AvgIpc) is 3.09. The van der Waals surface area contributed by atoms with Crippen LogP contribution < -0.4 is 5.32 Å². The van der Waals surface area contributed by atoms with Gasteiger partial charge in [-0.1, -0.05) is 31.2 Å². The highest BCUT2D eigenvalue weighted by Gasteiger charge is 2.39. The zero-order valence-corrected chi connectivity index (χ0v) is 12.9. The number of benzene rings is 1. The minimum atomic E-state index is -0.267. The zero-order valence-electron chi connectivity index (χ0n) is 12.9. The van der Waals surface area contributed by atoms with E-state index in [9.17, 15) is 9.59 Å². The minimum Gasteiger partial charge on any atom is -0.442 e. The highest BCUT2D eigenvalue weighted by molar-refractivity contribution is 5.76. The van der Waals surface area contributed by atoms with E-state index in [1.807, 2.05) is 24.0 Å². The molecule has 2 aliphatic rings. The van der Waals surface area contributed by atoms with Crippen molar-refractivity contribution in [3.63, 3.8) is 0 Å². The number of cyclic esters (lactones) is 1. The second-order valence-electron chi connectivity index (χ2n) is 5.97. The Morgan fingerprint density at radius 2 is 2.23 bits per heavy atom. The summed E-state index contributed by atoms with van der Waals surface area (Å²) in [7, 11) is 0. The van der Waals surface area contributed by atoms with Crippen LogP contribution in [0.25, 0.3) is 0 Å². The maximum atomic E-state index is 12.1. The number of carbonyl (C=O) groups is 2. The highest BCUT2D eigenvalue weighted by atomic mass is 16.6. The molecule has 1 fully saturated rings. The Balaban J connectivity index is 1.60. The number of hydrogen-bond acceptors (Lipinski definition) is 3. The van der Waals surface area contributed by atoms with Gasteiger partial charge in [-0.3, -0.25) is 9.69 Å². The number of amides is 2. The van der Waals surface area contributed by atoms with Crippen LogP contribution in [0.5, 0.6) is 0 Å². The second-order valence-corrected chi connectivity index (χ2v) is 5.97. The quantitative estimate of drug-likeness (QED) is 0.908. The number of fused-ring (bicyclic) bond motifs is 1. The van der Waals surface area contributed by atoms with Crippen molar-refractivity contribution in [2.24, 2.45) is 0 Å². The van der Waals surface area contributed by atoms with Gasteiger partial charge in [0.15, 0.2) is 0 Å². The monoisotopic (exact) mass is 302 g/mol. The van der Waals surface area contributed by atoms with E-state index in [2.05, 4.69) is 17.4 Å². The Hall–Kier alpha value is -2.04. The molecular weight excluding hydrogens is 280 g/mol. The molecule has 1 heterocycles. The van der Waals surface area contributed by atoms with Crippen LogP contribution in [-0.2, 0) is 16.0 Å². The van der Waals surface area contributed by atoms with Gasteiger partial charge in [0.2, 0.25) is 5.91 Å². The van der Waals surface area contributed by atoms with Gasteiger partial charge >= 0.3 is 6.09 Å². The van der Waals surface area contributed by atoms with Crippen LogP contribution in [0.4, 0.5) is 4.79 Å². The van der Waals surface area contributed by atoms with E-state index in [1.54, 1.807) is 0 Å². The smallest absolute Gasteiger partial charge is 0.410 e. The molecule has 2 amide bonds. The number of nitrogens with one attached hydrogen (secondary N) is 1. The van der Waals surface area contributed by atoms with Crippen LogP contribution >= 0.6 is 0 Å². The summed E-state index contributed by atoms with van der Waals surface area (Å²) in [5.74, 6) is 0.0169. The van der Waals surface area contributed by atoms with E-state index >= 15 is 0 Å². The van der Waals surface area contributed by atoms with E-state index < -0.39 is 0 Å². The predicted octanol–water partition coefficient (Wildman–Crippen LogP) is 2.41. The lowest BCUT2D eigenvalue weighted by Crippen LogP contribution is -2.35. The van der Waals surface area contributed by atoms with Gasteiger partial charge in [-0.05, 0) is 30.4 Å². The molecule has 22 heavy (non-hydrogen) atoms. The van der Waals surface area contributed by atoms with Gasteiger partial charge in [0.05, 0.1) is 19.1 Å². The second kappa shape index (κ2) is 6.38. The summed E-state index contributed by atoms with van der Waals surface area (Å²) in [4.78, 5) is 25.5. The first-order valence-electron chi connectivity index (χ1n) is 8.00. The molecule has 0 radical (unpaired) electrons. The van der Waals surface area contributed by atoms with Crippen LogP contribution in [0.3, 0.4) is 0 Å². The predicted molar refractivity (Wildman–Crippen MR) is 82.4 cm³/mol. The molecule has 2 unspecified atom stereocenters. The van der Waals surface area contributed by atoms with E-state index in [4.69, 9.17) is 4.74 Å². The molecule has 0 aromatic heterocycles. The first-order valence-corrected chi connectivity index (χ1v) is 8.00. The third-order valence-corrected chi connectivity index (χ3v) is 4.38. The van der Waals surface area contributed by atoms with Crippen LogP contribution in [-0.4, -0.2) is 36.1 Å². The van der Waals surface area contributed by atoms with Gasteiger partial charge in [0, 0.05) is 6.42 Å². The Labute approximate surface area is 130 Å². The summed E-state index contributed by atoms with van der Waals surface area (Å²) in [5.41, 5.74) is 2.55. The molecule has 1 aromatic rings. The molecule has 5 nitrogen and oxygen atoms in total. The minimum absolute atomic E-state index is 0.0169. The summed E-state index contributed by atoms with van der Waals surface area (Å²) < 4.78 is 5.40. The third-order valence-electron chi connectivity index (χ3n) is 4.38. The Morgan fingerprint density at radius 1 is 1.41 bits per heavy atom. The normalized spacial score (nSPS) is 23.3. The molecule has 0 saturated carbocycles. The summed E-state index contributed by atoms with van der Waals surface area (Å²) in [6, 6.07) is 8.38. The van der Waals surface area contributed by atoms with Crippen molar-refractivity contribution in [1.82, 2.24) is 10.2 Å². The molecule has 5 heteroatoms. The SMILES string of the molecule is CCCC(=O)NCC1CN(C2CCc3ccccc32)C(=O)O1. The molecule has 0 bridgehead atoms.